The van der Waals surface area contributed by atoms with Gasteiger partial charge in [0.15, 0.2) is 0 Å². The van der Waals surface area contributed by atoms with Gasteiger partial charge in [-0.05, 0) is 48.4 Å². The highest BCUT2D eigenvalue weighted by Crippen LogP contribution is 2.41. The minimum Gasteiger partial charge on any atom is -0.450 e. The quantitative estimate of drug-likeness (QED) is 0.445. The number of hydrogen-bond acceptors (Lipinski definition) is 4. The van der Waals surface area contributed by atoms with Gasteiger partial charge in [-0.3, -0.25) is 4.79 Å². The Morgan fingerprint density at radius 3 is 1.91 bits per heavy atom. The number of anilines is 1. The lowest BCUT2D eigenvalue weighted by molar-refractivity contribution is 0.102. The van der Waals surface area contributed by atoms with E-state index in [1.807, 2.05) is 48.5 Å². The molecule has 1 amide bonds. The van der Waals surface area contributed by atoms with Crippen LogP contribution >= 0.6 is 0 Å². The third-order valence-corrected chi connectivity index (χ3v) is 6.29. The number of hydrogen-bond donors (Lipinski definition) is 4. The smallest absolute Gasteiger partial charge is 0.450 e. The summed E-state index contributed by atoms with van der Waals surface area (Å²) in [4.78, 5) is 21.0. The fraction of sp³-hybridized carbons (Fsp3) is 0.130. The van der Waals surface area contributed by atoms with Gasteiger partial charge in [0, 0.05) is 23.2 Å². The molecule has 3 aromatic rings. The molecular weight excluding hydrogens is 432 g/mol. The molecule has 1 saturated carbocycles. The predicted molar refractivity (Wildman–Crippen MR) is 119 cm³/mol. The predicted octanol–water partition coefficient (Wildman–Crippen LogP) is 4.00. The Balaban J connectivity index is 0.000000668. The van der Waals surface area contributed by atoms with E-state index in [1.54, 1.807) is 12.1 Å². The summed E-state index contributed by atoms with van der Waals surface area (Å²) >= 11 is 0. The summed E-state index contributed by atoms with van der Waals surface area (Å²) in [6.07, 6.45) is -1.04. The van der Waals surface area contributed by atoms with Gasteiger partial charge >= 0.3 is 6.16 Å². The second kappa shape index (κ2) is 10.1. The number of carbonyl (C=O) groups excluding carboxylic acids is 1. The second-order valence-corrected chi connectivity index (χ2v) is 8.82. The van der Waals surface area contributed by atoms with Crippen molar-refractivity contribution in [1.82, 2.24) is 4.72 Å². The fourth-order valence-corrected chi connectivity index (χ4v) is 4.46. The Bertz CT molecular complexity index is 1160. The van der Waals surface area contributed by atoms with E-state index in [0.717, 1.165) is 12.0 Å². The highest BCUT2D eigenvalue weighted by molar-refractivity contribution is 7.89. The van der Waals surface area contributed by atoms with Crippen LogP contribution in [-0.2, 0) is 10.0 Å². The fourth-order valence-electron chi connectivity index (χ4n) is 3.17. The average Bonchev–Trinajstić information content (AvgIpc) is 3.53. The minimum absolute atomic E-state index is 0.0894. The minimum atomic E-state index is -3.62. The molecule has 8 nitrogen and oxygen atoms in total. The molecule has 1 aliphatic rings. The summed E-state index contributed by atoms with van der Waals surface area (Å²) in [6, 6.07) is 24.9. The summed E-state index contributed by atoms with van der Waals surface area (Å²) in [5, 5.41) is 16.7. The molecule has 4 rings (SSSR count). The number of amides is 1. The third kappa shape index (κ3) is 6.40. The lowest BCUT2D eigenvalue weighted by Gasteiger charge is -2.08. The number of benzene rings is 3. The molecule has 0 saturated heterocycles. The van der Waals surface area contributed by atoms with Crippen molar-refractivity contribution in [2.75, 3.05) is 5.32 Å². The van der Waals surface area contributed by atoms with E-state index in [2.05, 4.69) is 10.0 Å². The Morgan fingerprint density at radius 2 is 1.34 bits per heavy atom. The van der Waals surface area contributed by atoms with Crippen LogP contribution in [0.1, 0.15) is 28.3 Å². The van der Waals surface area contributed by atoms with Gasteiger partial charge in [-0.15, -0.1) is 0 Å². The number of carbonyl (C=O) groups is 2. The van der Waals surface area contributed by atoms with Gasteiger partial charge in [-0.2, -0.15) is 0 Å². The SMILES string of the molecule is O=C(Nc1ccccc1)c1ccc(S(=O)(=O)N[C@H]2C[C@@H]2c2ccccc2)cc1.O=C(O)O. The van der Waals surface area contributed by atoms with Crippen molar-refractivity contribution in [3.05, 3.63) is 96.1 Å². The Labute approximate surface area is 185 Å². The maximum Gasteiger partial charge on any atom is 0.503 e. The first kappa shape index (κ1) is 23.0. The lowest BCUT2D eigenvalue weighted by Crippen LogP contribution is -2.27. The van der Waals surface area contributed by atoms with Crippen LogP contribution in [0.5, 0.6) is 0 Å². The van der Waals surface area contributed by atoms with Crippen LogP contribution in [0.2, 0.25) is 0 Å². The number of sulfonamides is 1. The lowest BCUT2D eigenvalue weighted by atomic mass is 10.1. The van der Waals surface area contributed by atoms with Crippen molar-refractivity contribution in [1.29, 1.82) is 0 Å². The zero-order chi connectivity index (χ0) is 23.1. The second-order valence-electron chi connectivity index (χ2n) is 7.11. The number of carboxylic acid groups (broad SMARTS) is 2. The molecular formula is C23H22N2O6S. The van der Waals surface area contributed by atoms with E-state index >= 15 is 0 Å². The van der Waals surface area contributed by atoms with Crippen molar-refractivity contribution >= 4 is 27.8 Å². The molecule has 0 bridgehead atoms. The molecule has 9 heteroatoms. The normalized spacial score (nSPS) is 16.9. The van der Waals surface area contributed by atoms with Crippen LogP contribution in [-0.4, -0.2) is 36.7 Å². The van der Waals surface area contributed by atoms with E-state index < -0.39 is 16.2 Å². The molecule has 166 valence electrons. The van der Waals surface area contributed by atoms with Crippen LogP contribution in [0.3, 0.4) is 0 Å². The highest BCUT2D eigenvalue weighted by atomic mass is 32.2. The van der Waals surface area contributed by atoms with E-state index in [0.29, 0.717) is 11.3 Å². The molecule has 3 aromatic carbocycles. The zero-order valence-electron chi connectivity index (χ0n) is 16.9. The van der Waals surface area contributed by atoms with Crippen LogP contribution < -0.4 is 10.0 Å². The van der Waals surface area contributed by atoms with Gasteiger partial charge in [-0.25, -0.2) is 17.9 Å². The first-order valence-corrected chi connectivity index (χ1v) is 11.2. The van der Waals surface area contributed by atoms with Crippen molar-refractivity contribution in [3.8, 4) is 0 Å². The van der Waals surface area contributed by atoms with Crippen LogP contribution in [0.25, 0.3) is 0 Å². The van der Waals surface area contributed by atoms with E-state index in [4.69, 9.17) is 15.0 Å². The van der Waals surface area contributed by atoms with E-state index in [9.17, 15) is 13.2 Å². The summed E-state index contributed by atoms with van der Waals surface area (Å²) in [5.74, 6) is -0.0682. The number of nitrogens with one attached hydrogen (secondary N) is 2. The molecule has 0 radical (unpaired) electrons. The molecule has 0 unspecified atom stereocenters. The average molecular weight is 455 g/mol. The highest BCUT2D eigenvalue weighted by Gasteiger charge is 2.41. The summed E-state index contributed by atoms with van der Waals surface area (Å²) < 4.78 is 28.0. The van der Waals surface area contributed by atoms with Crippen molar-refractivity contribution < 1.29 is 28.2 Å². The van der Waals surface area contributed by atoms with Crippen LogP contribution in [0.4, 0.5) is 10.5 Å². The molecule has 4 N–H and O–H groups in total. The molecule has 0 aromatic heterocycles. The van der Waals surface area contributed by atoms with Crippen molar-refractivity contribution in [2.24, 2.45) is 0 Å². The maximum absolute atomic E-state index is 12.6. The van der Waals surface area contributed by atoms with Gasteiger partial charge in [0.2, 0.25) is 10.0 Å². The van der Waals surface area contributed by atoms with Gasteiger partial charge in [0.1, 0.15) is 0 Å². The van der Waals surface area contributed by atoms with Gasteiger partial charge < -0.3 is 15.5 Å². The molecule has 1 aliphatic carbocycles. The standard InChI is InChI=1S/C22H20N2O3S.CH2O3/c25-22(23-18-9-5-2-6-10-18)17-11-13-19(14-12-17)28(26,27)24-21-15-20(21)16-7-3-1-4-8-16;2-1(3)4/h1-14,20-21,24H,15H2,(H,23,25);(H2,2,3,4)/t20-,21+;/m1./s1. The monoisotopic (exact) mass is 454 g/mol. The number of rotatable bonds is 6. The topological polar surface area (TPSA) is 133 Å². The number of para-hydroxylation sites is 1. The Kier molecular flexibility index (Phi) is 7.24. The van der Waals surface area contributed by atoms with Gasteiger partial charge in [-0.1, -0.05) is 48.5 Å². The largest absolute Gasteiger partial charge is 0.503 e. The van der Waals surface area contributed by atoms with Gasteiger partial charge in [0.05, 0.1) is 4.90 Å². The van der Waals surface area contributed by atoms with E-state index in [1.165, 1.54) is 24.3 Å². The molecule has 0 aliphatic heterocycles. The van der Waals surface area contributed by atoms with E-state index in [-0.39, 0.29) is 22.8 Å². The summed E-state index contributed by atoms with van der Waals surface area (Å²) in [5.41, 5.74) is 2.23. The Morgan fingerprint density at radius 1 is 0.812 bits per heavy atom. The molecule has 32 heavy (non-hydrogen) atoms. The zero-order valence-corrected chi connectivity index (χ0v) is 17.7. The first-order valence-electron chi connectivity index (χ1n) is 9.72. The Hall–Kier alpha value is -3.69. The molecule has 1 fully saturated rings. The van der Waals surface area contributed by atoms with Crippen molar-refractivity contribution in [3.63, 3.8) is 0 Å². The van der Waals surface area contributed by atoms with Crippen molar-refractivity contribution in [2.45, 2.75) is 23.3 Å². The van der Waals surface area contributed by atoms with Crippen LogP contribution in [0.15, 0.2) is 89.8 Å². The van der Waals surface area contributed by atoms with Crippen LogP contribution in [0, 0.1) is 0 Å². The molecule has 2 atom stereocenters. The first-order chi connectivity index (χ1) is 15.3. The summed E-state index contributed by atoms with van der Waals surface area (Å²) in [6.45, 7) is 0. The molecule has 0 heterocycles. The van der Waals surface area contributed by atoms with Gasteiger partial charge in [0.25, 0.3) is 5.91 Å². The third-order valence-electron chi connectivity index (χ3n) is 4.78. The maximum atomic E-state index is 12.6. The molecule has 0 spiro atoms. The summed E-state index contributed by atoms with van der Waals surface area (Å²) in [7, 11) is -3.62.